The number of hydrogen-bond acceptors (Lipinski definition) is 3. The molecule has 2 aromatic rings. The first kappa shape index (κ1) is 20.2. The van der Waals surface area contributed by atoms with Gasteiger partial charge in [-0.05, 0) is 30.9 Å². The maximum Gasteiger partial charge on any atom is 0.328 e. The minimum Gasteiger partial charge on any atom is -0.380 e. The van der Waals surface area contributed by atoms with E-state index < -0.39 is 0 Å². The minimum absolute atomic E-state index is 0.0462. The van der Waals surface area contributed by atoms with Gasteiger partial charge in [-0.25, -0.2) is 4.79 Å². The smallest absolute Gasteiger partial charge is 0.328 e. The zero-order chi connectivity index (χ0) is 20.6. The molecule has 1 N–H and O–H groups in total. The van der Waals surface area contributed by atoms with Crippen LogP contribution < -0.4 is 5.32 Å². The van der Waals surface area contributed by atoms with E-state index in [0.717, 1.165) is 0 Å². The topological polar surface area (TPSA) is 63.6 Å². The first-order valence-electron chi connectivity index (χ1n) is 10.3. The molecule has 0 bridgehead atoms. The van der Waals surface area contributed by atoms with Gasteiger partial charge in [-0.2, -0.15) is 0 Å². The average molecular weight is 418 g/mol. The molecule has 29 heavy (non-hydrogen) atoms. The van der Waals surface area contributed by atoms with E-state index in [0.29, 0.717) is 47.2 Å². The van der Waals surface area contributed by atoms with Crippen LogP contribution in [0.25, 0.3) is 10.9 Å². The molecule has 1 aliphatic heterocycles. The van der Waals surface area contributed by atoms with Crippen LogP contribution in [-0.4, -0.2) is 48.7 Å². The van der Waals surface area contributed by atoms with Gasteiger partial charge in [0.15, 0.2) is 0 Å². The van der Waals surface area contributed by atoms with Crippen LogP contribution in [-0.2, 0) is 9.53 Å². The Hall–Kier alpha value is -2.05. The third-order valence-corrected chi connectivity index (χ3v) is 6.72. The lowest BCUT2D eigenvalue weighted by molar-refractivity contribution is -0.163. The average Bonchev–Trinajstić information content (AvgIpc) is 3.04. The van der Waals surface area contributed by atoms with E-state index in [1.807, 2.05) is 6.07 Å². The van der Waals surface area contributed by atoms with E-state index in [4.69, 9.17) is 16.3 Å². The molecule has 2 amide bonds. The van der Waals surface area contributed by atoms with Crippen LogP contribution in [0.5, 0.6) is 0 Å². The van der Waals surface area contributed by atoms with Gasteiger partial charge < -0.3 is 15.0 Å². The summed E-state index contributed by atoms with van der Waals surface area (Å²) < 4.78 is 7.07. The Kier molecular flexibility index (Phi) is 5.58. The molecular formula is C22H28ClN3O3. The summed E-state index contributed by atoms with van der Waals surface area (Å²) >= 11 is 6.43. The fraction of sp³-hybridized carbons (Fsp3) is 0.545. The molecule has 4 rings (SSSR count). The second-order valence-corrected chi connectivity index (χ2v) is 9.05. The van der Waals surface area contributed by atoms with Crippen LogP contribution in [0.2, 0.25) is 5.02 Å². The number of aromatic nitrogens is 1. The van der Waals surface area contributed by atoms with Crippen molar-refractivity contribution >= 4 is 40.1 Å². The van der Waals surface area contributed by atoms with Crippen LogP contribution in [0.1, 0.15) is 38.5 Å². The highest BCUT2D eigenvalue weighted by atomic mass is 35.5. The second-order valence-electron chi connectivity index (χ2n) is 8.64. The molecule has 1 saturated carbocycles. The predicted octanol–water partition coefficient (Wildman–Crippen LogP) is 4.75. The van der Waals surface area contributed by atoms with E-state index >= 15 is 0 Å². The van der Waals surface area contributed by atoms with E-state index in [-0.39, 0.29) is 17.4 Å². The highest BCUT2D eigenvalue weighted by molar-refractivity contribution is 6.37. The van der Waals surface area contributed by atoms with Crippen LogP contribution in [0.3, 0.4) is 0 Å². The van der Waals surface area contributed by atoms with E-state index in [2.05, 4.69) is 5.32 Å². The lowest BCUT2D eigenvalue weighted by atomic mass is 9.65. The molecule has 1 aromatic carbocycles. The highest BCUT2D eigenvalue weighted by Gasteiger charge is 2.47. The van der Waals surface area contributed by atoms with Crippen LogP contribution in [0, 0.1) is 11.3 Å². The number of carbonyl (C=O) groups excluding carboxylic acids is 2. The number of nitrogens with one attached hydrogen (secondary N) is 1. The number of amides is 2. The van der Waals surface area contributed by atoms with Gasteiger partial charge in [0.05, 0.1) is 29.4 Å². The number of nitrogens with zero attached hydrogens (tertiary/aromatic N) is 2. The van der Waals surface area contributed by atoms with E-state index in [1.165, 1.54) is 41.6 Å². The Balaban J connectivity index is 1.59. The summed E-state index contributed by atoms with van der Waals surface area (Å²) in [6, 6.07) is 5.22. The molecule has 0 spiro atoms. The lowest BCUT2D eigenvalue weighted by Gasteiger charge is -2.48. The molecule has 6 nitrogen and oxygen atoms in total. The molecule has 7 heteroatoms. The molecule has 1 aromatic heterocycles. The molecule has 0 atom stereocenters. The monoisotopic (exact) mass is 417 g/mol. The van der Waals surface area contributed by atoms with Crippen molar-refractivity contribution in [2.24, 2.45) is 11.3 Å². The van der Waals surface area contributed by atoms with Crippen molar-refractivity contribution in [3.63, 3.8) is 0 Å². The first-order chi connectivity index (χ1) is 13.9. The summed E-state index contributed by atoms with van der Waals surface area (Å²) in [4.78, 5) is 27.1. The second kappa shape index (κ2) is 8.00. The molecule has 0 unspecified atom stereocenters. The molecule has 2 heterocycles. The summed E-state index contributed by atoms with van der Waals surface area (Å²) in [7, 11) is 3.39. The van der Waals surface area contributed by atoms with Gasteiger partial charge in [0, 0.05) is 37.5 Å². The minimum atomic E-state index is -0.191. The fourth-order valence-corrected chi connectivity index (χ4v) is 5.06. The first-order valence-corrected chi connectivity index (χ1v) is 10.7. The van der Waals surface area contributed by atoms with Gasteiger partial charge in [-0.3, -0.25) is 9.36 Å². The predicted molar refractivity (Wildman–Crippen MR) is 115 cm³/mol. The Bertz CT molecular complexity index is 927. The normalized spacial score (nSPS) is 19.0. The molecule has 1 aliphatic carbocycles. The third kappa shape index (κ3) is 3.76. The largest absolute Gasteiger partial charge is 0.380 e. The molecule has 156 valence electrons. The van der Waals surface area contributed by atoms with Crippen molar-refractivity contribution in [3.8, 4) is 0 Å². The van der Waals surface area contributed by atoms with Crippen molar-refractivity contribution in [1.29, 1.82) is 0 Å². The van der Waals surface area contributed by atoms with Crippen molar-refractivity contribution in [3.05, 3.63) is 29.4 Å². The number of hydrogen-bond donors (Lipinski definition) is 1. The van der Waals surface area contributed by atoms with E-state index in [1.54, 1.807) is 32.4 Å². The maximum absolute atomic E-state index is 13.0. The molecule has 2 aliphatic rings. The van der Waals surface area contributed by atoms with E-state index in [9.17, 15) is 9.59 Å². The fourth-order valence-electron chi connectivity index (χ4n) is 4.79. The van der Waals surface area contributed by atoms with Crippen molar-refractivity contribution in [1.82, 2.24) is 9.47 Å². The number of ether oxygens (including phenoxy) is 1. The number of rotatable bonds is 4. The Labute approximate surface area is 176 Å². The zero-order valence-electron chi connectivity index (χ0n) is 17.0. The van der Waals surface area contributed by atoms with Crippen molar-refractivity contribution in [2.75, 3.05) is 32.6 Å². The quantitative estimate of drug-likeness (QED) is 0.780. The summed E-state index contributed by atoms with van der Waals surface area (Å²) in [5.74, 6) is 0.506. The summed E-state index contributed by atoms with van der Waals surface area (Å²) in [5.41, 5.74) is 1.21. The summed E-state index contributed by atoms with van der Waals surface area (Å²) in [5, 5.41) is 4.23. The van der Waals surface area contributed by atoms with Crippen LogP contribution in [0.15, 0.2) is 24.4 Å². The van der Waals surface area contributed by atoms with Gasteiger partial charge in [0.2, 0.25) is 5.91 Å². The van der Waals surface area contributed by atoms with Crippen molar-refractivity contribution in [2.45, 2.75) is 38.5 Å². The highest BCUT2D eigenvalue weighted by Crippen LogP contribution is 2.46. The maximum atomic E-state index is 13.0. The van der Waals surface area contributed by atoms with Crippen LogP contribution in [0.4, 0.5) is 10.5 Å². The molecule has 1 saturated heterocycles. The van der Waals surface area contributed by atoms with Gasteiger partial charge in [0.1, 0.15) is 0 Å². The van der Waals surface area contributed by atoms with Gasteiger partial charge in [-0.15, -0.1) is 0 Å². The number of anilines is 1. The standard InChI is InChI=1S/C22H28ClN3O3/c1-25(2)21(28)26-12-17(20-16(23)9-6-10-18(20)26)24-19(27)11-22(13-29-14-22)15-7-4-3-5-8-15/h6,9-10,12,15H,3-5,7-8,11,13-14H2,1-2H3,(H,24,27). The van der Waals surface area contributed by atoms with Gasteiger partial charge >= 0.3 is 6.03 Å². The summed E-state index contributed by atoms with van der Waals surface area (Å²) in [6.07, 6.45) is 8.24. The number of carbonyl (C=O) groups is 2. The molecular weight excluding hydrogens is 390 g/mol. The SMILES string of the molecule is CN(C)C(=O)n1cc(NC(=O)CC2(C3CCCCC3)COC2)c2c(Cl)cccc21. The van der Waals surface area contributed by atoms with Gasteiger partial charge in [-0.1, -0.05) is 36.9 Å². The summed E-state index contributed by atoms with van der Waals surface area (Å²) in [6.45, 7) is 1.32. The number of fused-ring (bicyclic) bond motifs is 1. The Morgan fingerprint density at radius 1 is 1.24 bits per heavy atom. The Morgan fingerprint density at radius 3 is 2.59 bits per heavy atom. The Morgan fingerprint density at radius 2 is 1.97 bits per heavy atom. The number of benzene rings is 1. The van der Waals surface area contributed by atoms with Crippen molar-refractivity contribution < 1.29 is 14.3 Å². The zero-order valence-corrected chi connectivity index (χ0v) is 17.8. The number of halogens is 1. The lowest BCUT2D eigenvalue weighted by Crippen LogP contribution is -2.51. The van der Waals surface area contributed by atoms with Gasteiger partial charge in [0.25, 0.3) is 0 Å². The molecule has 2 fully saturated rings. The van der Waals surface area contributed by atoms with Crippen LogP contribution >= 0.6 is 11.6 Å². The molecule has 0 radical (unpaired) electrons. The third-order valence-electron chi connectivity index (χ3n) is 6.40.